The highest BCUT2D eigenvalue weighted by Gasteiger charge is 2.14. The molecule has 0 aromatic carbocycles. The number of halogens is 2. The van der Waals surface area contributed by atoms with E-state index in [1.807, 2.05) is 11.9 Å². The molecule has 1 aromatic heterocycles. The molecule has 1 unspecified atom stereocenters. The first kappa shape index (κ1) is 12.4. The van der Waals surface area contributed by atoms with Gasteiger partial charge in [0.2, 0.25) is 0 Å². The molecule has 0 fully saturated rings. The predicted molar refractivity (Wildman–Crippen MR) is 66.8 cm³/mol. The van der Waals surface area contributed by atoms with Gasteiger partial charge in [-0.1, -0.05) is 30.1 Å². The van der Waals surface area contributed by atoms with Crippen molar-refractivity contribution in [2.75, 3.05) is 17.7 Å². The fourth-order valence-corrected chi connectivity index (χ4v) is 1.69. The van der Waals surface area contributed by atoms with Crippen molar-refractivity contribution in [1.29, 1.82) is 0 Å². The van der Waals surface area contributed by atoms with Crippen LogP contribution in [0.15, 0.2) is 6.07 Å². The molecular weight excluding hydrogens is 233 g/mol. The second-order valence-corrected chi connectivity index (χ2v) is 4.34. The maximum atomic E-state index is 6.05. The van der Waals surface area contributed by atoms with Gasteiger partial charge in [0.05, 0.1) is 10.0 Å². The van der Waals surface area contributed by atoms with Crippen molar-refractivity contribution in [3.8, 4) is 0 Å². The standard InChI is InChI=1S/C10H15Cl2N3/c1-4-6(2)15(3)10-8(12)5-7(11)9(13)14-10/h5-6H,4H2,1-3H3,(H2,13,14). The lowest BCUT2D eigenvalue weighted by Crippen LogP contribution is -2.29. The van der Waals surface area contributed by atoms with Crippen molar-refractivity contribution in [2.45, 2.75) is 26.3 Å². The average molecular weight is 248 g/mol. The zero-order chi connectivity index (χ0) is 11.6. The minimum absolute atomic E-state index is 0.311. The zero-order valence-corrected chi connectivity index (χ0v) is 10.6. The Morgan fingerprint density at radius 3 is 2.60 bits per heavy atom. The minimum Gasteiger partial charge on any atom is -0.382 e. The van der Waals surface area contributed by atoms with Gasteiger partial charge in [0.1, 0.15) is 11.6 Å². The maximum absolute atomic E-state index is 6.05. The van der Waals surface area contributed by atoms with Crippen LogP contribution >= 0.6 is 23.2 Å². The molecule has 0 aliphatic heterocycles. The van der Waals surface area contributed by atoms with Crippen LogP contribution in [0, 0.1) is 0 Å². The molecular formula is C10H15Cl2N3. The van der Waals surface area contributed by atoms with Gasteiger partial charge in [-0.2, -0.15) is 0 Å². The van der Waals surface area contributed by atoms with Gasteiger partial charge in [0.25, 0.3) is 0 Å². The van der Waals surface area contributed by atoms with E-state index in [4.69, 9.17) is 28.9 Å². The van der Waals surface area contributed by atoms with E-state index in [0.717, 1.165) is 6.42 Å². The van der Waals surface area contributed by atoms with Crippen molar-refractivity contribution >= 4 is 34.8 Å². The number of nitrogens with two attached hydrogens (primary N) is 1. The third-order valence-corrected chi connectivity index (χ3v) is 3.11. The molecule has 15 heavy (non-hydrogen) atoms. The van der Waals surface area contributed by atoms with E-state index in [0.29, 0.717) is 27.7 Å². The average Bonchev–Trinajstić information content (AvgIpc) is 2.21. The van der Waals surface area contributed by atoms with Crippen molar-refractivity contribution in [3.05, 3.63) is 16.1 Å². The number of hydrogen-bond donors (Lipinski definition) is 1. The number of nitrogen functional groups attached to an aromatic ring is 1. The number of anilines is 2. The summed E-state index contributed by atoms with van der Waals surface area (Å²) in [5.74, 6) is 0.985. The maximum Gasteiger partial charge on any atom is 0.149 e. The summed E-state index contributed by atoms with van der Waals surface area (Å²) in [5.41, 5.74) is 5.64. The Balaban J connectivity index is 3.09. The summed E-state index contributed by atoms with van der Waals surface area (Å²) in [6.45, 7) is 4.21. The minimum atomic E-state index is 0.311. The van der Waals surface area contributed by atoms with Crippen LogP contribution in [0.1, 0.15) is 20.3 Å². The monoisotopic (exact) mass is 247 g/mol. The van der Waals surface area contributed by atoms with Gasteiger partial charge in [-0.25, -0.2) is 4.98 Å². The SMILES string of the molecule is CCC(C)N(C)c1nc(N)c(Cl)cc1Cl. The lowest BCUT2D eigenvalue weighted by Gasteiger charge is -2.26. The number of pyridine rings is 1. The van der Waals surface area contributed by atoms with E-state index >= 15 is 0 Å². The van der Waals surface area contributed by atoms with Crippen LogP contribution in [-0.4, -0.2) is 18.1 Å². The Kier molecular flexibility index (Phi) is 4.05. The van der Waals surface area contributed by atoms with Crippen molar-refractivity contribution in [3.63, 3.8) is 0 Å². The Morgan fingerprint density at radius 2 is 2.07 bits per heavy atom. The summed E-state index contributed by atoms with van der Waals surface area (Å²) in [5, 5.41) is 0.915. The van der Waals surface area contributed by atoms with Gasteiger partial charge in [-0.3, -0.25) is 0 Å². The summed E-state index contributed by atoms with van der Waals surface area (Å²) in [6.07, 6.45) is 1.01. The summed E-state index contributed by atoms with van der Waals surface area (Å²) in [6, 6.07) is 1.98. The van der Waals surface area contributed by atoms with E-state index in [1.165, 1.54) is 0 Å². The fraction of sp³-hybridized carbons (Fsp3) is 0.500. The highest BCUT2D eigenvalue weighted by Crippen LogP contribution is 2.30. The van der Waals surface area contributed by atoms with E-state index < -0.39 is 0 Å². The molecule has 1 heterocycles. The summed E-state index contributed by atoms with van der Waals surface area (Å²) < 4.78 is 0. The Labute approximate surface area is 100 Å². The molecule has 0 amide bonds. The first-order valence-corrected chi connectivity index (χ1v) is 5.57. The third kappa shape index (κ3) is 2.67. The van der Waals surface area contributed by atoms with Crippen LogP contribution in [0.2, 0.25) is 10.0 Å². The van der Waals surface area contributed by atoms with Crippen LogP contribution < -0.4 is 10.6 Å². The van der Waals surface area contributed by atoms with Crippen molar-refractivity contribution < 1.29 is 0 Å². The van der Waals surface area contributed by atoms with Crippen molar-refractivity contribution in [1.82, 2.24) is 4.98 Å². The van der Waals surface area contributed by atoms with Gasteiger partial charge in [0, 0.05) is 13.1 Å². The zero-order valence-electron chi connectivity index (χ0n) is 9.09. The molecule has 3 nitrogen and oxygen atoms in total. The van der Waals surface area contributed by atoms with Crippen LogP contribution in [0.25, 0.3) is 0 Å². The summed E-state index contributed by atoms with van der Waals surface area (Å²) >= 11 is 11.9. The van der Waals surface area contributed by atoms with Crippen LogP contribution in [0.4, 0.5) is 11.6 Å². The van der Waals surface area contributed by atoms with Crippen LogP contribution in [-0.2, 0) is 0 Å². The summed E-state index contributed by atoms with van der Waals surface area (Å²) in [4.78, 5) is 6.18. The van der Waals surface area contributed by atoms with E-state index in [-0.39, 0.29) is 0 Å². The molecule has 84 valence electrons. The van der Waals surface area contributed by atoms with Gasteiger partial charge < -0.3 is 10.6 Å². The molecule has 0 saturated heterocycles. The highest BCUT2D eigenvalue weighted by atomic mass is 35.5. The molecule has 0 aliphatic rings. The quantitative estimate of drug-likeness (QED) is 0.893. The predicted octanol–water partition coefficient (Wildman–Crippen LogP) is 3.21. The van der Waals surface area contributed by atoms with Crippen LogP contribution in [0.5, 0.6) is 0 Å². The molecule has 2 N–H and O–H groups in total. The molecule has 0 aliphatic carbocycles. The topological polar surface area (TPSA) is 42.2 Å². The first-order valence-electron chi connectivity index (χ1n) is 4.81. The molecule has 5 heteroatoms. The summed E-state index contributed by atoms with van der Waals surface area (Å²) in [7, 11) is 1.94. The third-order valence-electron chi connectivity index (χ3n) is 2.52. The van der Waals surface area contributed by atoms with Gasteiger partial charge >= 0.3 is 0 Å². The van der Waals surface area contributed by atoms with E-state index in [9.17, 15) is 0 Å². The second-order valence-electron chi connectivity index (χ2n) is 3.53. The molecule has 1 atom stereocenters. The molecule has 0 spiro atoms. The van der Waals surface area contributed by atoms with E-state index in [1.54, 1.807) is 6.07 Å². The second kappa shape index (κ2) is 4.90. The number of nitrogens with zero attached hydrogens (tertiary/aromatic N) is 2. The molecule has 1 rings (SSSR count). The highest BCUT2D eigenvalue weighted by molar-refractivity contribution is 6.37. The van der Waals surface area contributed by atoms with Gasteiger partial charge in [-0.15, -0.1) is 0 Å². The lowest BCUT2D eigenvalue weighted by atomic mass is 10.2. The Hall–Kier alpha value is -0.670. The van der Waals surface area contributed by atoms with E-state index in [2.05, 4.69) is 18.8 Å². The fourth-order valence-electron chi connectivity index (χ4n) is 1.20. The number of aromatic nitrogens is 1. The number of rotatable bonds is 3. The lowest BCUT2D eigenvalue weighted by molar-refractivity contribution is 0.657. The molecule has 0 radical (unpaired) electrons. The number of hydrogen-bond acceptors (Lipinski definition) is 3. The normalized spacial score (nSPS) is 12.6. The Morgan fingerprint density at radius 1 is 1.47 bits per heavy atom. The first-order chi connectivity index (χ1) is 6.97. The Bertz CT molecular complexity index is 355. The van der Waals surface area contributed by atoms with Crippen molar-refractivity contribution in [2.24, 2.45) is 0 Å². The van der Waals surface area contributed by atoms with Crippen LogP contribution in [0.3, 0.4) is 0 Å². The smallest absolute Gasteiger partial charge is 0.149 e. The molecule has 0 saturated carbocycles. The molecule has 0 bridgehead atoms. The molecule has 1 aromatic rings. The van der Waals surface area contributed by atoms with Gasteiger partial charge in [-0.05, 0) is 19.4 Å². The van der Waals surface area contributed by atoms with Gasteiger partial charge in [0.15, 0.2) is 0 Å². The largest absolute Gasteiger partial charge is 0.382 e.